The number of hydrogen-bond acceptors (Lipinski definition) is 5. The predicted molar refractivity (Wildman–Crippen MR) is 132 cm³/mol. The van der Waals surface area contributed by atoms with Crippen molar-refractivity contribution < 1.29 is 13.2 Å². The number of aromatic nitrogens is 2. The van der Waals surface area contributed by atoms with E-state index in [9.17, 15) is 8.42 Å². The monoisotopic (exact) mass is 485 g/mol. The second-order valence-electron chi connectivity index (χ2n) is 9.11. The highest BCUT2D eigenvalue weighted by molar-refractivity contribution is 7.98. The van der Waals surface area contributed by atoms with E-state index in [1.165, 1.54) is 16.7 Å². The van der Waals surface area contributed by atoms with Gasteiger partial charge in [0.2, 0.25) is 10.0 Å². The zero-order valence-electron chi connectivity index (χ0n) is 19.3. The molecule has 5 rings (SSSR count). The Morgan fingerprint density at radius 1 is 1.06 bits per heavy atom. The molecule has 0 saturated carbocycles. The van der Waals surface area contributed by atoms with E-state index < -0.39 is 10.0 Å². The van der Waals surface area contributed by atoms with Crippen molar-refractivity contribution in [2.24, 2.45) is 0 Å². The van der Waals surface area contributed by atoms with Crippen LogP contribution in [-0.4, -0.2) is 48.1 Å². The summed E-state index contributed by atoms with van der Waals surface area (Å²) in [5.74, 6) is 0.814. The molecule has 0 amide bonds. The lowest BCUT2D eigenvalue weighted by Crippen LogP contribution is -2.27. The molecule has 2 aliphatic rings. The molecule has 0 unspecified atom stereocenters. The summed E-state index contributed by atoms with van der Waals surface area (Å²) < 4.78 is 35.9. The Balaban J connectivity index is 1.48. The Kier molecular flexibility index (Phi) is 6.53. The van der Waals surface area contributed by atoms with Gasteiger partial charge in [-0.25, -0.2) is 13.4 Å². The van der Waals surface area contributed by atoms with Gasteiger partial charge in [-0.05, 0) is 74.4 Å². The summed E-state index contributed by atoms with van der Waals surface area (Å²) in [6.07, 6.45) is 4.16. The van der Waals surface area contributed by atoms with Crippen molar-refractivity contribution in [2.45, 2.75) is 68.0 Å². The van der Waals surface area contributed by atoms with E-state index in [1.54, 1.807) is 28.2 Å². The van der Waals surface area contributed by atoms with Gasteiger partial charge in [0.15, 0.2) is 5.16 Å². The van der Waals surface area contributed by atoms with E-state index in [2.05, 4.69) is 36.6 Å². The van der Waals surface area contributed by atoms with Gasteiger partial charge < -0.3 is 9.30 Å². The lowest BCUT2D eigenvalue weighted by atomic mass is 10.1. The minimum absolute atomic E-state index is 0.177. The topological polar surface area (TPSA) is 64.4 Å². The van der Waals surface area contributed by atoms with Crippen LogP contribution in [0.4, 0.5) is 0 Å². The molecule has 0 bridgehead atoms. The molecular weight excluding hydrogens is 454 g/mol. The van der Waals surface area contributed by atoms with E-state index in [0.717, 1.165) is 60.8 Å². The van der Waals surface area contributed by atoms with Crippen LogP contribution in [0.1, 0.15) is 42.4 Å². The minimum atomic E-state index is -3.47. The van der Waals surface area contributed by atoms with Crippen molar-refractivity contribution in [3.05, 3.63) is 53.1 Å². The number of hydrogen-bond donors (Lipinski definition) is 0. The highest BCUT2D eigenvalue weighted by Crippen LogP contribution is 2.31. The summed E-state index contributed by atoms with van der Waals surface area (Å²) in [6.45, 7) is 7.01. The SMILES string of the molecule is Cc1ccc(CSc2nc3cc(S(=O)(=O)N4CCCC4)ccc3n2C[C@H]2CCCO2)cc1C. The fraction of sp³-hybridized carbons (Fsp3) is 0.480. The fourth-order valence-electron chi connectivity index (χ4n) is 4.65. The first-order valence-corrected chi connectivity index (χ1v) is 14.2. The van der Waals surface area contributed by atoms with Gasteiger partial charge in [0, 0.05) is 25.4 Å². The molecule has 1 aromatic heterocycles. The predicted octanol–water partition coefficient (Wildman–Crippen LogP) is 4.91. The first-order valence-electron chi connectivity index (χ1n) is 11.7. The summed E-state index contributed by atoms with van der Waals surface area (Å²) in [5, 5.41) is 0.912. The van der Waals surface area contributed by atoms with Gasteiger partial charge in [-0.15, -0.1) is 0 Å². The van der Waals surface area contributed by atoms with Gasteiger partial charge in [0.25, 0.3) is 0 Å². The Morgan fingerprint density at radius 2 is 1.88 bits per heavy atom. The molecule has 2 aromatic carbocycles. The van der Waals surface area contributed by atoms with E-state index in [1.807, 2.05) is 6.07 Å². The van der Waals surface area contributed by atoms with Crippen LogP contribution in [0.2, 0.25) is 0 Å². The third-order valence-corrected chi connectivity index (χ3v) is 9.68. The zero-order chi connectivity index (χ0) is 23.0. The second kappa shape index (κ2) is 9.41. The maximum atomic E-state index is 13.1. The molecule has 1 atom stereocenters. The number of nitrogens with zero attached hydrogens (tertiary/aromatic N) is 3. The van der Waals surface area contributed by atoms with Crippen LogP contribution in [-0.2, 0) is 27.1 Å². The summed E-state index contributed by atoms with van der Waals surface area (Å²) in [4.78, 5) is 5.24. The van der Waals surface area contributed by atoms with Crippen molar-refractivity contribution in [1.82, 2.24) is 13.9 Å². The van der Waals surface area contributed by atoms with Gasteiger partial charge in [-0.1, -0.05) is 30.0 Å². The molecule has 6 nitrogen and oxygen atoms in total. The number of sulfonamides is 1. The molecule has 33 heavy (non-hydrogen) atoms. The van der Waals surface area contributed by atoms with Gasteiger partial charge in [0.1, 0.15) is 0 Å². The quantitative estimate of drug-likeness (QED) is 0.445. The van der Waals surface area contributed by atoms with Crippen LogP contribution in [0.3, 0.4) is 0 Å². The zero-order valence-corrected chi connectivity index (χ0v) is 20.9. The molecule has 0 N–H and O–H groups in total. The first-order chi connectivity index (χ1) is 15.9. The number of rotatable bonds is 7. The lowest BCUT2D eigenvalue weighted by Gasteiger charge is -2.16. The maximum Gasteiger partial charge on any atom is 0.243 e. The third kappa shape index (κ3) is 4.71. The van der Waals surface area contributed by atoms with E-state index in [4.69, 9.17) is 9.72 Å². The molecule has 176 valence electrons. The number of aryl methyl sites for hydroxylation is 2. The van der Waals surface area contributed by atoms with Crippen molar-refractivity contribution >= 4 is 32.8 Å². The summed E-state index contributed by atoms with van der Waals surface area (Å²) >= 11 is 1.70. The Morgan fingerprint density at radius 3 is 2.61 bits per heavy atom. The number of thioether (sulfide) groups is 1. The summed E-state index contributed by atoms with van der Waals surface area (Å²) in [5.41, 5.74) is 5.54. The molecule has 0 radical (unpaired) electrons. The molecule has 0 aliphatic carbocycles. The van der Waals surface area contributed by atoms with Gasteiger partial charge in [-0.3, -0.25) is 0 Å². The summed E-state index contributed by atoms with van der Waals surface area (Å²) in [6, 6.07) is 12.0. The second-order valence-corrected chi connectivity index (χ2v) is 12.0. The summed E-state index contributed by atoms with van der Waals surface area (Å²) in [7, 11) is -3.47. The van der Waals surface area contributed by atoms with E-state index in [-0.39, 0.29) is 6.10 Å². The van der Waals surface area contributed by atoms with Crippen LogP contribution in [0.15, 0.2) is 46.5 Å². The molecule has 8 heteroatoms. The van der Waals surface area contributed by atoms with Gasteiger partial charge in [-0.2, -0.15) is 4.31 Å². The van der Waals surface area contributed by atoms with Crippen LogP contribution < -0.4 is 0 Å². The van der Waals surface area contributed by atoms with Gasteiger partial charge >= 0.3 is 0 Å². The number of imidazole rings is 1. The number of benzene rings is 2. The smallest absolute Gasteiger partial charge is 0.243 e. The van der Waals surface area contributed by atoms with Crippen LogP contribution >= 0.6 is 11.8 Å². The van der Waals surface area contributed by atoms with Crippen LogP contribution in [0.5, 0.6) is 0 Å². The third-order valence-electron chi connectivity index (χ3n) is 6.74. The lowest BCUT2D eigenvalue weighted by molar-refractivity contribution is 0.0960. The average molecular weight is 486 g/mol. The normalized spacial score (nSPS) is 19.6. The largest absolute Gasteiger partial charge is 0.376 e. The Labute approximate surface area is 200 Å². The molecule has 3 heterocycles. The number of fused-ring (bicyclic) bond motifs is 1. The Bertz CT molecular complexity index is 1260. The molecule has 2 fully saturated rings. The first kappa shape index (κ1) is 22.9. The highest BCUT2D eigenvalue weighted by Gasteiger charge is 2.28. The number of ether oxygens (including phenoxy) is 1. The maximum absolute atomic E-state index is 13.1. The molecule has 2 aliphatic heterocycles. The molecule has 0 spiro atoms. The molecule has 2 saturated heterocycles. The minimum Gasteiger partial charge on any atom is -0.376 e. The molecule has 3 aromatic rings. The fourth-order valence-corrected chi connectivity index (χ4v) is 7.15. The standard InChI is InChI=1S/C25H31N3O3S2/c1-18-7-8-20(14-19(18)2)17-32-25-26-23-15-22(33(29,30)27-11-3-4-12-27)9-10-24(23)28(25)16-21-6-5-13-31-21/h7-10,14-15,21H,3-6,11-13,16-17H2,1-2H3/t21-/m1/s1. The van der Waals surface area contributed by atoms with Crippen LogP contribution in [0, 0.1) is 13.8 Å². The van der Waals surface area contributed by atoms with Crippen molar-refractivity contribution in [1.29, 1.82) is 0 Å². The highest BCUT2D eigenvalue weighted by atomic mass is 32.2. The van der Waals surface area contributed by atoms with E-state index in [0.29, 0.717) is 18.0 Å². The van der Waals surface area contributed by atoms with Crippen LogP contribution in [0.25, 0.3) is 11.0 Å². The average Bonchev–Trinajstić information content (AvgIpc) is 3.57. The van der Waals surface area contributed by atoms with Crippen molar-refractivity contribution in [3.8, 4) is 0 Å². The van der Waals surface area contributed by atoms with Crippen molar-refractivity contribution in [3.63, 3.8) is 0 Å². The molecular formula is C25H31N3O3S2. The van der Waals surface area contributed by atoms with Gasteiger partial charge in [0.05, 0.1) is 28.6 Å². The van der Waals surface area contributed by atoms with Crippen molar-refractivity contribution in [2.75, 3.05) is 19.7 Å². The van der Waals surface area contributed by atoms with E-state index >= 15 is 0 Å². The Hall–Kier alpha value is -1.87.